The van der Waals surface area contributed by atoms with Gasteiger partial charge in [0, 0.05) is 35.5 Å². The van der Waals surface area contributed by atoms with Crippen LogP contribution in [-0.2, 0) is 4.74 Å². The fourth-order valence-corrected chi connectivity index (χ4v) is 2.75. The molecule has 0 bridgehead atoms. The zero-order valence-electron chi connectivity index (χ0n) is 11.4. The summed E-state index contributed by atoms with van der Waals surface area (Å²) in [4.78, 5) is 2.08. The van der Waals surface area contributed by atoms with Gasteiger partial charge in [-0.3, -0.25) is 0 Å². The number of nitrogens with one attached hydrogen (secondary N) is 1. The lowest BCUT2D eigenvalue weighted by Gasteiger charge is -1.99. The molecule has 0 spiro atoms. The Morgan fingerprint density at radius 2 is 2.10 bits per heavy atom. The summed E-state index contributed by atoms with van der Waals surface area (Å²) in [6.07, 6.45) is 4.11. The second-order valence-corrected chi connectivity index (χ2v) is 5.40. The van der Waals surface area contributed by atoms with Gasteiger partial charge in [-0.15, -0.1) is 11.3 Å². The lowest BCUT2D eigenvalue weighted by molar-refractivity contribution is 0.200. The summed E-state index contributed by atoms with van der Waals surface area (Å²) in [6.45, 7) is 2.35. The van der Waals surface area contributed by atoms with Gasteiger partial charge in [0.05, 0.1) is 6.61 Å². The first-order valence-corrected chi connectivity index (χ1v) is 7.34. The standard InChI is InChI=1S/C16H18FNOS/c1-19-12-11-18-10-4-5-13-8-9-16(20-13)14-6-2-3-7-15(14)17/h2-9,18H,10-12H2,1H3. The van der Waals surface area contributed by atoms with Crippen molar-refractivity contribution in [3.63, 3.8) is 0 Å². The van der Waals surface area contributed by atoms with Crippen LogP contribution in [0.5, 0.6) is 0 Å². The van der Waals surface area contributed by atoms with E-state index in [1.165, 1.54) is 6.07 Å². The lowest BCUT2D eigenvalue weighted by Crippen LogP contribution is -2.18. The van der Waals surface area contributed by atoms with E-state index in [0.717, 1.165) is 22.8 Å². The Balaban J connectivity index is 1.93. The summed E-state index contributed by atoms with van der Waals surface area (Å²) in [5.41, 5.74) is 0.662. The van der Waals surface area contributed by atoms with Crippen LogP contribution in [0, 0.1) is 5.82 Å². The third-order valence-corrected chi connectivity index (χ3v) is 3.88. The van der Waals surface area contributed by atoms with E-state index >= 15 is 0 Å². The smallest absolute Gasteiger partial charge is 0.131 e. The van der Waals surface area contributed by atoms with Gasteiger partial charge in [0.2, 0.25) is 0 Å². The van der Waals surface area contributed by atoms with Gasteiger partial charge in [-0.2, -0.15) is 0 Å². The van der Waals surface area contributed by atoms with Gasteiger partial charge >= 0.3 is 0 Å². The maximum absolute atomic E-state index is 13.7. The monoisotopic (exact) mass is 291 g/mol. The minimum Gasteiger partial charge on any atom is -0.383 e. The van der Waals surface area contributed by atoms with E-state index in [0.29, 0.717) is 12.2 Å². The molecular formula is C16H18FNOS. The Morgan fingerprint density at radius 1 is 1.25 bits per heavy atom. The average molecular weight is 291 g/mol. The maximum atomic E-state index is 13.7. The molecule has 0 aliphatic rings. The van der Waals surface area contributed by atoms with E-state index < -0.39 is 0 Å². The molecule has 0 amide bonds. The molecule has 20 heavy (non-hydrogen) atoms. The van der Waals surface area contributed by atoms with Crippen LogP contribution in [0.15, 0.2) is 42.5 Å². The fourth-order valence-electron chi connectivity index (χ4n) is 1.78. The topological polar surface area (TPSA) is 21.3 Å². The Hall–Kier alpha value is -1.49. The summed E-state index contributed by atoms with van der Waals surface area (Å²) < 4.78 is 18.6. The highest BCUT2D eigenvalue weighted by Crippen LogP contribution is 2.30. The third kappa shape index (κ3) is 4.27. The van der Waals surface area contributed by atoms with Crippen LogP contribution in [0.2, 0.25) is 0 Å². The number of halogens is 1. The number of hydrogen-bond donors (Lipinski definition) is 1. The Bertz CT molecular complexity index is 565. The van der Waals surface area contributed by atoms with Crippen LogP contribution in [0.3, 0.4) is 0 Å². The van der Waals surface area contributed by atoms with Gasteiger partial charge < -0.3 is 10.1 Å². The van der Waals surface area contributed by atoms with Crippen LogP contribution < -0.4 is 5.32 Å². The highest BCUT2D eigenvalue weighted by molar-refractivity contribution is 7.16. The van der Waals surface area contributed by atoms with E-state index in [2.05, 4.69) is 17.5 Å². The van der Waals surface area contributed by atoms with Crippen LogP contribution >= 0.6 is 11.3 Å². The van der Waals surface area contributed by atoms with E-state index in [-0.39, 0.29) is 5.82 Å². The second-order valence-electron chi connectivity index (χ2n) is 4.28. The first-order chi connectivity index (χ1) is 9.81. The predicted molar refractivity (Wildman–Crippen MR) is 83.5 cm³/mol. The number of rotatable bonds is 7. The average Bonchev–Trinajstić information content (AvgIpc) is 2.92. The first-order valence-electron chi connectivity index (χ1n) is 6.52. The van der Waals surface area contributed by atoms with Gasteiger partial charge in [-0.1, -0.05) is 24.3 Å². The van der Waals surface area contributed by atoms with Crippen molar-refractivity contribution in [2.75, 3.05) is 26.8 Å². The molecule has 0 saturated carbocycles. The zero-order valence-corrected chi connectivity index (χ0v) is 12.3. The van der Waals surface area contributed by atoms with Crippen molar-refractivity contribution in [3.05, 3.63) is 53.2 Å². The highest BCUT2D eigenvalue weighted by Gasteiger charge is 2.05. The van der Waals surface area contributed by atoms with Crippen molar-refractivity contribution < 1.29 is 9.13 Å². The molecule has 0 atom stereocenters. The van der Waals surface area contributed by atoms with Crippen LogP contribution in [-0.4, -0.2) is 26.8 Å². The molecule has 1 heterocycles. The number of methoxy groups -OCH3 is 1. The molecule has 1 N–H and O–H groups in total. The molecule has 0 saturated heterocycles. The number of benzene rings is 1. The summed E-state index contributed by atoms with van der Waals surface area (Å²) >= 11 is 1.59. The molecule has 0 aliphatic carbocycles. The summed E-state index contributed by atoms with van der Waals surface area (Å²) in [5.74, 6) is -0.175. The molecule has 2 rings (SSSR count). The molecule has 1 aromatic heterocycles. The van der Waals surface area contributed by atoms with Crippen molar-refractivity contribution in [3.8, 4) is 10.4 Å². The van der Waals surface area contributed by atoms with E-state index in [1.807, 2.05) is 18.2 Å². The molecule has 2 aromatic rings. The van der Waals surface area contributed by atoms with Crippen molar-refractivity contribution in [1.82, 2.24) is 5.32 Å². The molecule has 1 aromatic carbocycles. The predicted octanol–water partition coefficient (Wildman–Crippen LogP) is 3.80. The Labute approximate surface area is 122 Å². The molecule has 2 nitrogen and oxygen atoms in total. The van der Waals surface area contributed by atoms with Crippen molar-refractivity contribution in [2.24, 2.45) is 0 Å². The van der Waals surface area contributed by atoms with Gasteiger partial charge in [0.15, 0.2) is 0 Å². The Morgan fingerprint density at radius 3 is 2.90 bits per heavy atom. The summed E-state index contributed by atoms with van der Waals surface area (Å²) in [6, 6.07) is 10.8. The maximum Gasteiger partial charge on any atom is 0.131 e. The van der Waals surface area contributed by atoms with E-state index in [1.54, 1.807) is 30.6 Å². The van der Waals surface area contributed by atoms with Crippen molar-refractivity contribution >= 4 is 17.4 Å². The van der Waals surface area contributed by atoms with E-state index in [9.17, 15) is 4.39 Å². The first kappa shape index (κ1) is 14.9. The molecule has 0 radical (unpaired) electrons. The van der Waals surface area contributed by atoms with Gasteiger partial charge in [-0.25, -0.2) is 4.39 Å². The van der Waals surface area contributed by atoms with Crippen LogP contribution in [0.1, 0.15) is 4.88 Å². The molecule has 0 aliphatic heterocycles. The summed E-state index contributed by atoms with van der Waals surface area (Å²) in [5, 5.41) is 3.24. The molecule has 0 fully saturated rings. The fraction of sp³-hybridized carbons (Fsp3) is 0.250. The SMILES string of the molecule is COCCNCC=Cc1ccc(-c2ccccc2F)s1. The van der Waals surface area contributed by atoms with E-state index in [4.69, 9.17) is 4.74 Å². The lowest BCUT2D eigenvalue weighted by atomic mass is 10.2. The summed E-state index contributed by atoms with van der Waals surface area (Å²) in [7, 11) is 1.69. The van der Waals surface area contributed by atoms with Crippen molar-refractivity contribution in [1.29, 1.82) is 0 Å². The minimum atomic E-state index is -0.175. The number of ether oxygens (including phenoxy) is 1. The largest absolute Gasteiger partial charge is 0.383 e. The number of hydrogen-bond acceptors (Lipinski definition) is 3. The van der Waals surface area contributed by atoms with Crippen LogP contribution in [0.4, 0.5) is 4.39 Å². The molecule has 0 unspecified atom stereocenters. The van der Waals surface area contributed by atoms with Gasteiger partial charge in [-0.05, 0) is 24.3 Å². The molecule has 106 valence electrons. The van der Waals surface area contributed by atoms with Crippen LogP contribution in [0.25, 0.3) is 16.5 Å². The third-order valence-electron chi connectivity index (χ3n) is 2.79. The quantitative estimate of drug-likeness (QED) is 0.783. The minimum absolute atomic E-state index is 0.175. The van der Waals surface area contributed by atoms with Gasteiger partial charge in [0.1, 0.15) is 5.82 Å². The Kier molecular flexibility index (Phi) is 5.92. The zero-order chi connectivity index (χ0) is 14.2. The molecule has 4 heteroatoms. The molecular weight excluding hydrogens is 273 g/mol. The highest BCUT2D eigenvalue weighted by atomic mass is 32.1. The van der Waals surface area contributed by atoms with Gasteiger partial charge in [0.25, 0.3) is 0 Å². The number of thiophene rings is 1. The normalized spacial score (nSPS) is 11.3. The van der Waals surface area contributed by atoms with Crippen molar-refractivity contribution in [2.45, 2.75) is 0 Å². The second kappa shape index (κ2) is 7.94.